The maximum absolute atomic E-state index is 13.4. The van der Waals surface area contributed by atoms with Gasteiger partial charge in [-0.1, -0.05) is 29.8 Å². The van der Waals surface area contributed by atoms with E-state index in [4.69, 9.17) is 11.6 Å². The van der Waals surface area contributed by atoms with E-state index in [9.17, 15) is 18.8 Å². The van der Waals surface area contributed by atoms with Crippen molar-refractivity contribution in [1.82, 2.24) is 9.88 Å². The number of amides is 4. The van der Waals surface area contributed by atoms with Gasteiger partial charge >= 0.3 is 6.03 Å². The number of carbonyl (C=O) groups excluding carboxylic acids is 3. The van der Waals surface area contributed by atoms with Crippen molar-refractivity contribution in [3.63, 3.8) is 0 Å². The van der Waals surface area contributed by atoms with Gasteiger partial charge in [0, 0.05) is 25.4 Å². The monoisotopic (exact) mass is 466 g/mol. The minimum atomic E-state index is -1.18. The summed E-state index contributed by atoms with van der Waals surface area (Å²) in [5.41, 5.74) is 0.371. The second-order valence-electron chi connectivity index (χ2n) is 7.89. The molecule has 1 aromatic heterocycles. The molecule has 1 unspecified atom stereocenters. The van der Waals surface area contributed by atoms with Crippen molar-refractivity contribution < 1.29 is 18.8 Å². The first-order chi connectivity index (χ1) is 15.7. The number of nitrogens with one attached hydrogen (secondary N) is 1. The first-order valence-electron chi connectivity index (χ1n) is 10.1. The molecule has 9 heteroatoms. The quantitative estimate of drug-likeness (QED) is 0.560. The standard InChI is InChI=1S/C24H20ClFN4O3/c1-24(14-15-6-8-16(26)9-7-15)22(32)30(23(33)29(24)2)20-11-10-17(13-18(20)25)28-21(31)19-5-3-4-12-27-19/h3-13H,14H2,1-2H3,(H,28,31). The molecule has 33 heavy (non-hydrogen) atoms. The van der Waals surface area contributed by atoms with Crippen LogP contribution in [0.3, 0.4) is 0 Å². The van der Waals surface area contributed by atoms with Crippen LogP contribution in [0.5, 0.6) is 0 Å². The van der Waals surface area contributed by atoms with Crippen molar-refractivity contribution in [2.75, 3.05) is 17.3 Å². The Labute approximate surface area is 194 Å². The number of rotatable bonds is 5. The van der Waals surface area contributed by atoms with Crippen LogP contribution in [0.4, 0.5) is 20.6 Å². The lowest BCUT2D eigenvalue weighted by atomic mass is 9.91. The Morgan fingerprint density at radius 2 is 1.85 bits per heavy atom. The lowest BCUT2D eigenvalue weighted by Gasteiger charge is -2.28. The summed E-state index contributed by atoms with van der Waals surface area (Å²) in [5.74, 6) is -1.25. The largest absolute Gasteiger partial charge is 0.332 e. The molecule has 1 atom stereocenters. The number of pyridine rings is 1. The van der Waals surface area contributed by atoms with Gasteiger partial charge in [-0.15, -0.1) is 0 Å². The Balaban J connectivity index is 1.58. The summed E-state index contributed by atoms with van der Waals surface area (Å²) in [6.45, 7) is 1.66. The van der Waals surface area contributed by atoms with E-state index in [1.54, 1.807) is 50.4 Å². The fraction of sp³-hybridized carbons (Fsp3) is 0.167. The normalized spacial score (nSPS) is 18.1. The van der Waals surface area contributed by atoms with Gasteiger partial charge < -0.3 is 10.2 Å². The van der Waals surface area contributed by atoms with Gasteiger partial charge in [0.2, 0.25) is 0 Å². The molecule has 0 saturated carbocycles. The summed E-state index contributed by atoms with van der Waals surface area (Å²) in [6, 6.07) is 14.8. The number of hydrogen-bond acceptors (Lipinski definition) is 4. The third-order valence-corrected chi connectivity index (χ3v) is 5.99. The smallest absolute Gasteiger partial charge is 0.321 e. The Bertz CT molecular complexity index is 1240. The van der Waals surface area contributed by atoms with Gasteiger partial charge in [-0.3, -0.25) is 14.6 Å². The molecule has 1 aliphatic heterocycles. The molecular formula is C24H20ClFN4O3. The minimum absolute atomic E-state index is 0.120. The molecule has 3 aromatic rings. The van der Waals surface area contributed by atoms with E-state index in [0.29, 0.717) is 11.3 Å². The molecule has 0 aliphatic carbocycles. The first kappa shape index (κ1) is 22.4. The SMILES string of the molecule is CN1C(=O)N(c2ccc(NC(=O)c3ccccn3)cc2Cl)C(=O)C1(C)Cc1ccc(F)cc1. The zero-order valence-electron chi connectivity index (χ0n) is 17.9. The van der Waals surface area contributed by atoms with Crippen molar-refractivity contribution in [3.05, 3.63) is 89.0 Å². The number of carbonyl (C=O) groups is 3. The van der Waals surface area contributed by atoms with Crippen LogP contribution in [0.25, 0.3) is 0 Å². The Morgan fingerprint density at radius 3 is 2.48 bits per heavy atom. The van der Waals surface area contributed by atoms with Crippen LogP contribution in [-0.2, 0) is 11.2 Å². The Kier molecular flexibility index (Phi) is 5.86. The third-order valence-electron chi connectivity index (χ3n) is 5.69. The highest BCUT2D eigenvalue weighted by Crippen LogP contribution is 2.37. The van der Waals surface area contributed by atoms with Crippen LogP contribution in [0, 0.1) is 5.82 Å². The average molecular weight is 467 g/mol. The molecule has 0 spiro atoms. The second-order valence-corrected chi connectivity index (χ2v) is 8.30. The van der Waals surface area contributed by atoms with Crippen molar-refractivity contribution in [1.29, 1.82) is 0 Å². The number of benzene rings is 2. The first-order valence-corrected chi connectivity index (χ1v) is 10.5. The van der Waals surface area contributed by atoms with E-state index < -0.39 is 23.4 Å². The average Bonchev–Trinajstić information content (AvgIpc) is 2.96. The Hall–Kier alpha value is -3.78. The summed E-state index contributed by atoms with van der Waals surface area (Å²) < 4.78 is 13.3. The lowest BCUT2D eigenvalue weighted by molar-refractivity contribution is -0.123. The molecule has 168 valence electrons. The molecule has 0 radical (unpaired) electrons. The minimum Gasteiger partial charge on any atom is -0.321 e. The van der Waals surface area contributed by atoms with E-state index in [-0.39, 0.29) is 28.6 Å². The highest BCUT2D eigenvalue weighted by atomic mass is 35.5. The highest BCUT2D eigenvalue weighted by molar-refractivity contribution is 6.36. The highest BCUT2D eigenvalue weighted by Gasteiger charge is 2.53. The van der Waals surface area contributed by atoms with Gasteiger partial charge in [0.05, 0.1) is 10.7 Å². The van der Waals surface area contributed by atoms with Gasteiger partial charge in [0.1, 0.15) is 17.1 Å². The molecule has 1 fully saturated rings. The molecule has 7 nitrogen and oxygen atoms in total. The number of halogens is 2. The second kappa shape index (κ2) is 8.63. The van der Waals surface area contributed by atoms with E-state index in [2.05, 4.69) is 10.3 Å². The van der Waals surface area contributed by atoms with Crippen molar-refractivity contribution in [2.45, 2.75) is 18.9 Å². The maximum atomic E-state index is 13.4. The molecule has 4 amide bonds. The molecule has 0 bridgehead atoms. The van der Waals surface area contributed by atoms with Crippen molar-refractivity contribution >= 4 is 40.8 Å². The van der Waals surface area contributed by atoms with Gasteiger partial charge in [-0.25, -0.2) is 14.1 Å². The van der Waals surface area contributed by atoms with E-state index >= 15 is 0 Å². The van der Waals surface area contributed by atoms with Crippen LogP contribution in [-0.4, -0.2) is 40.3 Å². The van der Waals surface area contributed by atoms with Gasteiger partial charge in [0.25, 0.3) is 11.8 Å². The predicted octanol–water partition coefficient (Wildman–Crippen LogP) is 4.53. The molecule has 4 rings (SSSR count). The molecule has 1 aliphatic rings. The van der Waals surface area contributed by atoms with E-state index in [1.807, 2.05) is 0 Å². The summed E-state index contributed by atoms with van der Waals surface area (Å²) in [4.78, 5) is 45.1. The molecule has 1 N–H and O–H groups in total. The summed E-state index contributed by atoms with van der Waals surface area (Å²) >= 11 is 6.41. The van der Waals surface area contributed by atoms with Crippen LogP contribution >= 0.6 is 11.6 Å². The van der Waals surface area contributed by atoms with Crippen LogP contribution < -0.4 is 10.2 Å². The fourth-order valence-corrected chi connectivity index (χ4v) is 3.96. The zero-order chi connectivity index (χ0) is 23.8. The Morgan fingerprint density at radius 1 is 1.12 bits per heavy atom. The molecule has 2 aromatic carbocycles. The number of imide groups is 1. The van der Waals surface area contributed by atoms with Crippen LogP contribution in [0.15, 0.2) is 66.9 Å². The number of likely N-dealkylation sites (N-methyl/N-ethyl adjacent to an activating group) is 1. The lowest BCUT2D eigenvalue weighted by Crippen LogP contribution is -2.47. The van der Waals surface area contributed by atoms with Gasteiger partial charge in [-0.05, 0) is 55.0 Å². The topological polar surface area (TPSA) is 82.6 Å². The molecular weight excluding hydrogens is 447 g/mol. The maximum Gasteiger partial charge on any atom is 0.332 e. The summed E-state index contributed by atoms with van der Waals surface area (Å²) in [6.07, 6.45) is 1.72. The van der Waals surface area contributed by atoms with Crippen molar-refractivity contribution in [2.24, 2.45) is 0 Å². The van der Waals surface area contributed by atoms with Gasteiger partial charge in [-0.2, -0.15) is 0 Å². The zero-order valence-corrected chi connectivity index (χ0v) is 18.6. The number of urea groups is 1. The van der Waals surface area contributed by atoms with Crippen LogP contribution in [0.1, 0.15) is 23.0 Å². The number of aromatic nitrogens is 1. The van der Waals surface area contributed by atoms with Gasteiger partial charge in [0.15, 0.2) is 0 Å². The fourth-order valence-electron chi connectivity index (χ4n) is 3.70. The van der Waals surface area contributed by atoms with E-state index in [0.717, 1.165) is 4.90 Å². The predicted molar refractivity (Wildman–Crippen MR) is 123 cm³/mol. The number of anilines is 2. The molecule has 1 saturated heterocycles. The summed E-state index contributed by atoms with van der Waals surface area (Å²) in [5, 5.41) is 2.81. The molecule has 2 heterocycles. The van der Waals surface area contributed by atoms with Crippen molar-refractivity contribution in [3.8, 4) is 0 Å². The number of hydrogen-bond donors (Lipinski definition) is 1. The van der Waals surface area contributed by atoms with Crippen LogP contribution in [0.2, 0.25) is 5.02 Å². The summed E-state index contributed by atoms with van der Waals surface area (Å²) in [7, 11) is 1.54. The van der Waals surface area contributed by atoms with E-state index in [1.165, 1.54) is 35.4 Å². The number of nitrogens with zero attached hydrogens (tertiary/aromatic N) is 3. The third kappa shape index (κ3) is 4.17.